The van der Waals surface area contributed by atoms with Gasteiger partial charge in [0.1, 0.15) is 5.82 Å². The van der Waals surface area contributed by atoms with Crippen LogP contribution in [0.3, 0.4) is 0 Å². The Hall–Kier alpha value is -2.26. The number of nitrogens with zero attached hydrogens (tertiary/aromatic N) is 3. The average molecular weight is 245 g/mol. The number of isocyanates is 1. The van der Waals surface area contributed by atoms with E-state index < -0.39 is 0 Å². The lowest BCUT2D eigenvalue weighted by molar-refractivity contribution is 0.562. The molecule has 0 radical (unpaired) electrons. The second kappa shape index (κ2) is 4.94. The van der Waals surface area contributed by atoms with Crippen LogP contribution in [0.25, 0.3) is 11.3 Å². The molecule has 0 fully saturated rings. The van der Waals surface area contributed by atoms with E-state index in [9.17, 15) is 9.18 Å². The highest BCUT2D eigenvalue weighted by Gasteiger charge is 2.14. The molecule has 0 aliphatic rings. The Labute approximate surface area is 104 Å². The van der Waals surface area contributed by atoms with Crippen LogP contribution in [0, 0.1) is 5.82 Å². The molecule has 1 aromatic carbocycles. The first-order valence-corrected chi connectivity index (χ1v) is 5.54. The van der Waals surface area contributed by atoms with Gasteiger partial charge in [-0.15, -0.1) is 4.99 Å². The topological polar surface area (TPSA) is 47.2 Å². The lowest BCUT2D eigenvalue weighted by atomic mass is 10.1. The molecule has 0 bridgehead atoms. The minimum absolute atomic E-state index is 0.0536. The van der Waals surface area contributed by atoms with E-state index in [2.05, 4.69) is 9.98 Å². The average Bonchev–Trinajstić information content (AvgIpc) is 2.73. The molecule has 0 saturated carbocycles. The van der Waals surface area contributed by atoms with Crippen molar-refractivity contribution in [3.8, 4) is 11.3 Å². The molecule has 0 spiro atoms. The Morgan fingerprint density at radius 2 is 2.22 bits per heavy atom. The molecule has 2 aromatic rings. The van der Waals surface area contributed by atoms with Crippen molar-refractivity contribution in [1.29, 1.82) is 0 Å². The van der Waals surface area contributed by atoms with Crippen molar-refractivity contribution in [1.82, 2.24) is 9.55 Å². The molecule has 1 heterocycles. The molecule has 0 unspecified atom stereocenters. The SMILES string of the molecule is CC(C)n1c(-c2cccc(F)c2)cnc1N=C=O. The van der Waals surface area contributed by atoms with Crippen LogP contribution in [-0.2, 0) is 4.79 Å². The number of carbonyl (C=O) groups excluding carboxylic acids is 1. The van der Waals surface area contributed by atoms with Crippen LogP contribution in [0.15, 0.2) is 35.5 Å². The predicted octanol–water partition coefficient (Wildman–Crippen LogP) is 3.24. The molecule has 0 aliphatic heterocycles. The summed E-state index contributed by atoms with van der Waals surface area (Å²) in [5.74, 6) is -0.0382. The van der Waals surface area contributed by atoms with Gasteiger partial charge in [0.25, 0.3) is 0 Å². The highest BCUT2D eigenvalue weighted by molar-refractivity contribution is 5.62. The molecule has 0 atom stereocenters. The quantitative estimate of drug-likeness (QED) is 0.615. The number of halogens is 1. The summed E-state index contributed by atoms with van der Waals surface area (Å²) in [7, 11) is 0. The lowest BCUT2D eigenvalue weighted by Crippen LogP contribution is -2.02. The van der Waals surface area contributed by atoms with Crippen molar-refractivity contribution >= 4 is 12.0 Å². The summed E-state index contributed by atoms with van der Waals surface area (Å²) in [6.45, 7) is 3.88. The van der Waals surface area contributed by atoms with E-state index in [4.69, 9.17) is 0 Å². The summed E-state index contributed by atoms with van der Waals surface area (Å²) in [5.41, 5.74) is 1.42. The van der Waals surface area contributed by atoms with Gasteiger partial charge < -0.3 is 4.57 Å². The molecule has 0 N–H and O–H groups in total. The van der Waals surface area contributed by atoms with E-state index in [1.165, 1.54) is 18.2 Å². The predicted molar refractivity (Wildman–Crippen MR) is 65.8 cm³/mol. The Morgan fingerprint density at radius 3 is 2.83 bits per heavy atom. The molecule has 0 saturated heterocycles. The van der Waals surface area contributed by atoms with Gasteiger partial charge >= 0.3 is 0 Å². The number of imidazole rings is 1. The smallest absolute Gasteiger partial charge is 0.243 e. The second-order valence-corrected chi connectivity index (χ2v) is 4.12. The minimum atomic E-state index is -0.315. The molecule has 1 aromatic heterocycles. The summed E-state index contributed by atoms with van der Waals surface area (Å²) in [6, 6.07) is 6.27. The first kappa shape index (κ1) is 12.2. The maximum Gasteiger partial charge on any atom is 0.243 e. The third-order valence-corrected chi connectivity index (χ3v) is 2.56. The van der Waals surface area contributed by atoms with Crippen LogP contribution in [0.4, 0.5) is 10.3 Å². The fourth-order valence-corrected chi connectivity index (χ4v) is 1.85. The first-order valence-electron chi connectivity index (χ1n) is 5.54. The van der Waals surface area contributed by atoms with Crippen molar-refractivity contribution in [3.05, 3.63) is 36.3 Å². The normalized spacial score (nSPS) is 10.4. The van der Waals surface area contributed by atoms with Crippen molar-refractivity contribution in [2.75, 3.05) is 0 Å². The maximum absolute atomic E-state index is 13.2. The molecule has 0 aliphatic carbocycles. The molecule has 2 rings (SSSR count). The van der Waals surface area contributed by atoms with Crippen LogP contribution in [0.1, 0.15) is 19.9 Å². The Kier molecular flexibility index (Phi) is 3.35. The Bertz CT molecular complexity index is 612. The van der Waals surface area contributed by atoms with Crippen molar-refractivity contribution in [3.63, 3.8) is 0 Å². The monoisotopic (exact) mass is 245 g/mol. The van der Waals surface area contributed by atoms with Gasteiger partial charge in [-0.25, -0.2) is 14.2 Å². The molecule has 92 valence electrons. The van der Waals surface area contributed by atoms with Crippen molar-refractivity contribution < 1.29 is 9.18 Å². The van der Waals surface area contributed by atoms with Gasteiger partial charge in [0.05, 0.1) is 11.9 Å². The standard InChI is InChI=1S/C13H12FN3O/c1-9(2)17-12(7-15-13(17)16-8-18)10-4-3-5-11(14)6-10/h3-7,9H,1-2H3. The first-order chi connectivity index (χ1) is 8.63. The van der Waals surface area contributed by atoms with Gasteiger partial charge in [-0.05, 0) is 26.0 Å². The number of hydrogen-bond donors (Lipinski definition) is 0. The van der Waals surface area contributed by atoms with Gasteiger partial charge in [0, 0.05) is 11.6 Å². The molecule has 18 heavy (non-hydrogen) atoms. The van der Waals surface area contributed by atoms with E-state index in [0.29, 0.717) is 5.56 Å². The number of benzene rings is 1. The second-order valence-electron chi connectivity index (χ2n) is 4.12. The van der Waals surface area contributed by atoms with Crippen molar-refractivity contribution in [2.24, 2.45) is 4.99 Å². The van der Waals surface area contributed by atoms with Gasteiger partial charge in [0.15, 0.2) is 0 Å². The van der Waals surface area contributed by atoms with E-state index in [-0.39, 0.29) is 17.8 Å². The molecular formula is C13H12FN3O. The summed E-state index contributed by atoms with van der Waals surface area (Å²) < 4.78 is 15.0. The van der Waals surface area contributed by atoms with E-state index in [1.807, 2.05) is 13.8 Å². The molecular weight excluding hydrogens is 233 g/mol. The summed E-state index contributed by atoms with van der Waals surface area (Å²) in [5, 5.41) is 0. The molecule has 0 amide bonds. The zero-order valence-corrected chi connectivity index (χ0v) is 10.1. The van der Waals surface area contributed by atoms with Crippen LogP contribution < -0.4 is 0 Å². The highest BCUT2D eigenvalue weighted by atomic mass is 19.1. The number of rotatable bonds is 3. The fourth-order valence-electron chi connectivity index (χ4n) is 1.85. The largest absolute Gasteiger partial charge is 0.305 e. The Balaban J connectivity index is 2.61. The number of hydrogen-bond acceptors (Lipinski definition) is 3. The van der Waals surface area contributed by atoms with E-state index in [0.717, 1.165) is 5.69 Å². The van der Waals surface area contributed by atoms with Gasteiger partial charge in [-0.1, -0.05) is 12.1 Å². The molecule has 4 nitrogen and oxygen atoms in total. The summed E-state index contributed by atoms with van der Waals surface area (Å²) in [6.07, 6.45) is 3.05. The fraction of sp³-hybridized carbons (Fsp3) is 0.231. The van der Waals surface area contributed by atoms with Crippen LogP contribution >= 0.6 is 0 Å². The van der Waals surface area contributed by atoms with Gasteiger partial charge in [-0.2, -0.15) is 0 Å². The summed E-state index contributed by atoms with van der Waals surface area (Å²) >= 11 is 0. The highest BCUT2D eigenvalue weighted by Crippen LogP contribution is 2.28. The van der Waals surface area contributed by atoms with Gasteiger partial charge in [0.2, 0.25) is 12.0 Å². The van der Waals surface area contributed by atoms with E-state index >= 15 is 0 Å². The Morgan fingerprint density at radius 1 is 1.44 bits per heavy atom. The van der Waals surface area contributed by atoms with E-state index in [1.54, 1.807) is 22.9 Å². The van der Waals surface area contributed by atoms with Crippen LogP contribution in [-0.4, -0.2) is 15.6 Å². The van der Waals surface area contributed by atoms with Crippen molar-refractivity contribution in [2.45, 2.75) is 19.9 Å². The minimum Gasteiger partial charge on any atom is -0.305 e. The maximum atomic E-state index is 13.2. The van der Waals surface area contributed by atoms with Gasteiger partial charge in [-0.3, -0.25) is 0 Å². The zero-order valence-electron chi connectivity index (χ0n) is 10.1. The zero-order chi connectivity index (χ0) is 13.1. The third-order valence-electron chi connectivity index (χ3n) is 2.56. The van der Waals surface area contributed by atoms with Crippen LogP contribution in [0.5, 0.6) is 0 Å². The lowest BCUT2D eigenvalue weighted by Gasteiger charge is -2.13. The molecule has 5 heteroatoms. The third kappa shape index (κ3) is 2.21. The number of aromatic nitrogens is 2. The number of aliphatic imine (C=N–C) groups is 1. The van der Waals surface area contributed by atoms with Crippen LogP contribution in [0.2, 0.25) is 0 Å². The summed E-state index contributed by atoms with van der Waals surface area (Å²) in [4.78, 5) is 17.9.